The number of nitrogens with zero attached hydrogens (tertiary/aromatic N) is 1. The van der Waals surface area contributed by atoms with Gasteiger partial charge in [-0.2, -0.15) is 0 Å². The van der Waals surface area contributed by atoms with Crippen LogP contribution in [0.15, 0.2) is 24.3 Å². The van der Waals surface area contributed by atoms with Crippen molar-refractivity contribution >= 4 is 23.4 Å². The van der Waals surface area contributed by atoms with Gasteiger partial charge in [0.05, 0.1) is 6.61 Å². The SMILES string of the molecule is O=C(COCCN1CCCCC1)CC(=O)OCCOc1ccc(Cl)cc1. The van der Waals surface area contributed by atoms with Crippen molar-refractivity contribution in [2.75, 3.05) is 46.1 Å². The number of halogens is 1. The zero-order valence-electron chi connectivity index (χ0n) is 15.0. The molecule has 0 aromatic heterocycles. The van der Waals surface area contributed by atoms with Gasteiger partial charge in [-0.3, -0.25) is 9.59 Å². The molecule has 6 nitrogen and oxygen atoms in total. The lowest BCUT2D eigenvalue weighted by atomic mass is 10.1. The van der Waals surface area contributed by atoms with Crippen LogP contribution in [0.5, 0.6) is 5.75 Å². The molecule has 1 aromatic rings. The van der Waals surface area contributed by atoms with Gasteiger partial charge in [0.25, 0.3) is 0 Å². The van der Waals surface area contributed by atoms with E-state index in [1.165, 1.54) is 19.3 Å². The third-order valence-electron chi connectivity index (χ3n) is 4.03. The molecule has 144 valence electrons. The topological polar surface area (TPSA) is 65.1 Å². The maximum atomic E-state index is 11.7. The molecule has 0 aliphatic carbocycles. The van der Waals surface area contributed by atoms with Gasteiger partial charge in [0.1, 0.15) is 32.0 Å². The van der Waals surface area contributed by atoms with Crippen LogP contribution in [-0.2, 0) is 19.1 Å². The van der Waals surface area contributed by atoms with Gasteiger partial charge in [-0.15, -0.1) is 0 Å². The van der Waals surface area contributed by atoms with E-state index in [1.54, 1.807) is 24.3 Å². The number of esters is 1. The van der Waals surface area contributed by atoms with Crippen LogP contribution in [0.1, 0.15) is 25.7 Å². The highest BCUT2D eigenvalue weighted by atomic mass is 35.5. The van der Waals surface area contributed by atoms with Crippen molar-refractivity contribution < 1.29 is 23.8 Å². The third kappa shape index (κ3) is 8.65. The maximum Gasteiger partial charge on any atom is 0.313 e. The van der Waals surface area contributed by atoms with E-state index in [9.17, 15) is 9.59 Å². The molecule has 1 aliphatic heterocycles. The molecule has 1 aromatic carbocycles. The van der Waals surface area contributed by atoms with E-state index in [4.69, 9.17) is 25.8 Å². The first kappa shape index (κ1) is 20.7. The van der Waals surface area contributed by atoms with Crippen LogP contribution in [0.3, 0.4) is 0 Å². The predicted molar refractivity (Wildman–Crippen MR) is 98.6 cm³/mol. The maximum absolute atomic E-state index is 11.7. The summed E-state index contributed by atoms with van der Waals surface area (Å²) < 4.78 is 15.7. The van der Waals surface area contributed by atoms with E-state index in [-0.39, 0.29) is 32.0 Å². The number of hydrogen-bond donors (Lipinski definition) is 0. The summed E-state index contributed by atoms with van der Waals surface area (Å²) in [7, 11) is 0. The molecule has 26 heavy (non-hydrogen) atoms. The lowest BCUT2D eigenvalue weighted by Crippen LogP contribution is -2.33. The number of carbonyl (C=O) groups excluding carboxylic acids is 2. The molecule has 1 fully saturated rings. The van der Waals surface area contributed by atoms with Crippen molar-refractivity contribution in [3.05, 3.63) is 29.3 Å². The van der Waals surface area contributed by atoms with Crippen LogP contribution in [0.25, 0.3) is 0 Å². The summed E-state index contributed by atoms with van der Waals surface area (Å²) >= 11 is 5.78. The van der Waals surface area contributed by atoms with Crippen molar-refractivity contribution in [2.45, 2.75) is 25.7 Å². The zero-order chi connectivity index (χ0) is 18.6. The molecule has 1 aliphatic rings. The average Bonchev–Trinajstić information content (AvgIpc) is 2.65. The Bertz CT molecular complexity index is 558. The third-order valence-corrected chi connectivity index (χ3v) is 4.29. The van der Waals surface area contributed by atoms with Crippen molar-refractivity contribution in [2.24, 2.45) is 0 Å². The molecule has 0 N–H and O–H groups in total. The largest absolute Gasteiger partial charge is 0.490 e. The predicted octanol–water partition coefficient (Wildman–Crippen LogP) is 2.72. The van der Waals surface area contributed by atoms with Crippen LogP contribution >= 0.6 is 11.6 Å². The van der Waals surface area contributed by atoms with Crippen molar-refractivity contribution in [3.63, 3.8) is 0 Å². The number of benzene rings is 1. The van der Waals surface area contributed by atoms with Crippen LogP contribution < -0.4 is 4.74 Å². The molecule has 1 saturated heterocycles. The zero-order valence-corrected chi connectivity index (χ0v) is 15.7. The van der Waals surface area contributed by atoms with E-state index in [0.717, 1.165) is 19.6 Å². The Balaban J connectivity index is 1.47. The van der Waals surface area contributed by atoms with Crippen LogP contribution in [0, 0.1) is 0 Å². The molecule has 0 saturated carbocycles. The highest BCUT2D eigenvalue weighted by molar-refractivity contribution is 6.30. The smallest absolute Gasteiger partial charge is 0.313 e. The summed E-state index contributed by atoms with van der Waals surface area (Å²) in [5.74, 6) is -0.190. The van der Waals surface area contributed by atoms with E-state index in [2.05, 4.69) is 4.90 Å². The number of likely N-dealkylation sites (tertiary alicyclic amines) is 1. The molecule has 1 heterocycles. The van der Waals surface area contributed by atoms with Gasteiger partial charge in [0.2, 0.25) is 0 Å². The van der Waals surface area contributed by atoms with Gasteiger partial charge in [0.15, 0.2) is 5.78 Å². The first-order valence-corrected chi connectivity index (χ1v) is 9.37. The Kier molecular flexibility index (Phi) is 9.45. The Morgan fingerprint density at radius 1 is 1.00 bits per heavy atom. The fourth-order valence-electron chi connectivity index (χ4n) is 2.67. The molecule has 0 spiro atoms. The Hall–Kier alpha value is -1.63. The quantitative estimate of drug-likeness (QED) is 0.332. The second-order valence-corrected chi connectivity index (χ2v) is 6.63. The number of ketones is 1. The molecule has 2 rings (SSSR count). The number of hydrogen-bond acceptors (Lipinski definition) is 6. The summed E-state index contributed by atoms with van der Waals surface area (Å²) in [4.78, 5) is 25.7. The number of carbonyl (C=O) groups is 2. The van der Waals surface area contributed by atoms with E-state index in [0.29, 0.717) is 17.4 Å². The van der Waals surface area contributed by atoms with E-state index in [1.807, 2.05) is 0 Å². The van der Waals surface area contributed by atoms with E-state index < -0.39 is 5.97 Å². The second-order valence-electron chi connectivity index (χ2n) is 6.19. The summed E-state index contributed by atoms with van der Waals surface area (Å²) in [5.41, 5.74) is 0. The molecule has 0 atom stereocenters. The van der Waals surface area contributed by atoms with Crippen molar-refractivity contribution in [1.82, 2.24) is 4.90 Å². The Morgan fingerprint density at radius 2 is 1.73 bits per heavy atom. The van der Waals surface area contributed by atoms with Gasteiger partial charge in [-0.05, 0) is 50.2 Å². The highest BCUT2D eigenvalue weighted by Crippen LogP contribution is 2.15. The normalized spacial score (nSPS) is 14.8. The van der Waals surface area contributed by atoms with Crippen molar-refractivity contribution in [1.29, 1.82) is 0 Å². The molecule has 0 bridgehead atoms. The highest BCUT2D eigenvalue weighted by Gasteiger charge is 2.12. The number of piperidine rings is 1. The van der Waals surface area contributed by atoms with Gasteiger partial charge < -0.3 is 19.1 Å². The van der Waals surface area contributed by atoms with Gasteiger partial charge in [0, 0.05) is 11.6 Å². The summed E-state index contributed by atoms with van der Waals surface area (Å²) in [6, 6.07) is 6.89. The van der Waals surface area contributed by atoms with Gasteiger partial charge in [-0.25, -0.2) is 0 Å². The van der Waals surface area contributed by atoms with Crippen molar-refractivity contribution in [3.8, 4) is 5.75 Å². The molecular weight excluding hydrogens is 358 g/mol. The monoisotopic (exact) mass is 383 g/mol. The lowest BCUT2D eigenvalue weighted by Gasteiger charge is -2.25. The van der Waals surface area contributed by atoms with E-state index >= 15 is 0 Å². The first-order chi connectivity index (χ1) is 12.6. The summed E-state index contributed by atoms with van der Waals surface area (Å²) in [6.45, 7) is 3.79. The summed E-state index contributed by atoms with van der Waals surface area (Å²) in [5, 5.41) is 0.625. The second kappa shape index (κ2) is 11.9. The minimum Gasteiger partial charge on any atom is -0.490 e. The fraction of sp³-hybridized carbons (Fsp3) is 0.579. The van der Waals surface area contributed by atoms with Crippen LogP contribution in [-0.4, -0.2) is 62.7 Å². The number of rotatable bonds is 11. The van der Waals surface area contributed by atoms with Crippen LogP contribution in [0.4, 0.5) is 0 Å². The minimum atomic E-state index is -0.561. The molecule has 7 heteroatoms. The number of Topliss-reactive ketones (excluding diaryl/α,β-unsaturated/α-hetero) is 1. The molecule has 0 radical (unpaired) electrons. The average molecular weight is 384 g/mol. The van der Waals surface area contributed by atoms with Gasteiger partial charge in [-0.1, -0.05) is 18.0 Å². The standard InChI is InChI=1S/C19H26ClNO5/c20-16-4-6-18(7-5-16)25-12-13-26-19(23)14-17(22)15-24-11-10-21-8-2-1-3-9-21/h4-7H,1-3,8-15H2. The fourth-order valence-corrected chi connectivity index (χ4v) is 2.80. The minimum absolute atomic E-state index is 0.0514. The first-order valence-electron chi connectivity index (χ1n) is 8.99. The Morgan fingerprint density at radius 3 is 2.46 bits per heavy atom. The Labute approximate surface area is 159 Å². The molecule has 0 amide bonds. The molecular formula is C19H26ClNO5. The number of ether oxygens (including phenoxy) is 3. The molecule has 0 unspecified atom stereocenters. The van der Waals surface area contributed by atoms with Crippen LogP contribution in [0.2, 0.25) is 5.02 Å². The summed E-state index contributed by atoms with van der Waals surface area (Å²) in [6.07, 6.45) is 3.48. The lowest BCUT2D eigenvalue weighted by molar-refractivity contribution is -0.147. The van der Waals surface area contributed by atoms with Gasteiger partial charge >= 0.3 is 5.97 Å².